The summed E-state index contributed by atoms with van der Waals surface area (Å²) < 4.78 is 40.8. The van der Waals surface area contributed by atoms with Crippen molar-refractivity contribution in [3.8, 4) is 0 Å². The van der Waals surface area contributed by atoms with Gasteiger partial charge in [-0.15, -0.1) is 0 Å². The first-order valence-electron chi connectivity index (χ1n) is 8.15. The van der Waals surface area contributed by atoms with Gasteiger partial charge < -0.3 is 10.1 Å². The van der Waals surface area contributed by atoms with E-state index in [1.165, 1.54) is 19.3 Å². The van der Waals surface area contributed by atoms with Crippen LogP contribution in [0.2, 0.25) is 0 Å². The van der Waals surface area contributed by atoms with E-state index < -0.39 is 12.8 Å². The summed E-state index contributed by atoms with van der Waals surface area (Å²) in [4.78, 5) is 0. The van der Waals surface area contributed by atoms with Gasteiger partial charge in [-0.05, 0) is 61.8 Å². The molecule has 0 bridgehead atoms. The third-order valence-corrected chi connectivity index (χ3v) is 4.77. The topological polar surface area (TPSA) is 21.3 Å². The SMILES string of the molecule is CC(C)CNCC1(CCCOCC(F)(F)F)CC2CC2C1. The van der Waals surface area contributed by atoms with Crippen molar-refractivity contribution in [1.82, 2.24) is 5.32 Å². The van der Waals surface area contributed by atoms with E-state index in [0.29, 0.717) is 11.3 Å². The maximum atomic E-state index is 12.0. The summed E-state index contributed by atoms with van der Waals surface area (Å²) in [7, 11) is 0. The Labute approximate surface area is 125 Å². The second-order valence-electron chi connectivity index (χ2n) is 7.46. The lowest BCUT2D eigenvalue weighted by Crippen LogP contribution is -2.35. The van der Waals surface area contributed by atoms with Crippen LogP contribution in [0, 0.1) is 23.2 Å². The fraction of sp³-hybridized carbons (Fsp3) is 1.00. The molecular weight excluding hydrogens is 279 g/mol. The second-order valence-corrected chi connectivity index (χ2v) is 7.46. The minimum atomic E-state index is -4.20. The van der Waals surface area contributed by atoms with E-state index in [9.17, 15) is 13.2 Å². The third-order valence-electron chi connectivity index (χ3n) is 4.77. The van der Waals surface area contributed by atoms with Crippen LogP contribution in [0.4, 0.5) is 13.2 Å². The van der Waals surface area contributed by atoms with Gasteiger partial charge in [0.15, 0.2) is 0 Å². The van der Waals surface area contributed by atoms with Gasteiger partial charge in [0.1, 0.15) is 6.61 Å². The van der Waals surface area contributed by atoms with Crippen molar-refractivity contribution in [3.05, 3.63) is 0 Å². The van der Waals surface area contributed by atoms with Crippen LogP contribution in [0.3, 0.4) is 0 Å². The normalized spacial score (nSPS) is 31.7. The summed E-state index contributed by atoms with van der Waals surface area (Å²) in [5, 5.41) is 3.55. The lowest BCUT2D eigenvalue weighted by molar-refractivity contribution is -0.174. The number of alkyl halides is 3. The Kier molecular flexibility index (Phi) is 5.58. The molecule has 0 radical (unpaired) electrons. The van der Waals surface area contributed by atoms with Gasteiger partial charge in [-0.25, -0.2) is 0 Å². The quantitative estimate of drug-likeness (QED) is 0.650. The fourth-order valence-corrected chi connectivity index (χ4v) is 3.81. The average molecular weight is 307 g/mol. The standard InChI is InChI=1S/C16H28F3NO/c1-12(2)9-20-10-15(7-13-6-14(13)8-15)4-3-5-21-11-16(17,18)19/h12-14,20H,3-11H2,1-2H3. The second kappa shape index (κ2) is 6.86. The van der Waals surface area contributed by atoms with Crippen LogP contribution < -0.4 is 5.32 Å². The number of halogens is 3. The van der Waals surface area contributed by atoms with E-state index >= 15 is 0 Å². The lowest BCUT2D eigenvalue weighted by atomic mass is 9.78. The van der Waals surface area contributed by atoms with Gasteiger partial charge in [0.05, 0.1) is 0 Å². The molecule has 5 heteroatoms. The third kappa shape index (κ3) is 5.78. The highest BCUT2D eigenvalue weighted by atomic mass is 19.4. The summed E-state index contributed by atoms with van der Waals surface area (Å²) in [6, 6.07) is 0. The van der Waals surface area contributed by atoms with Crippen LogP contribution in [-0.4, -0.2) is 32.5 Å². The van der Waals surface area contributed by atoms with E-state index in [1.54, 1.807) is 0 Å². The summed E-state index contributed by atoms with van der Waals surface area (Å²) in [5.74, 6) is 2.41. The van der Waals surface area contributed by atoms with Gasteiger partial charge in [0, 0.05) is 13.2 Å². The first kappa shape index (κ1) is 17.1. The summed E-state index contributed by atoms with van der Waals surface area (Å²) >= 11 is 0. The van der Waals surface area contributed by atoms with Crippen molar-refractivity contribution in [3.63, 3.8) is 0 Å². The molecule has 0 saturated heterocycles. The van der Waals surface area contributed by atoms with Gasteiger partial charge in [-0.2, -0.15) is 13.2 Å². The first-order chi connectivity index (χ1) is 9.80. The number of hydrogen-bond acceptors (Lipinski definition) is 2. The molecule has 2 rings (SSSR count). The van der Waals surface area contributed by atoms with E-state index in [0.717, 1.165) is 37.8 Å². The molecule has 2 saturated carbocycles. The largest absolute Gasteiger partial charge is 0.411 e. The van der Waals surface area contributed by atoms with Gasteiger partial charge in [-0.3, -0.25) is 0 Å². The van der Waals surface area contributed by atoms with Gasteiger partial charge in [-0.1, -0.05) is 13.8 Å². The number of hydrogen-bond donors (Lipinski definition) is 1. The van der Waals surface area contributed by atoms with Gasteiger partial charge >= 0.3 is 6.18 Å². The monoisotopic (exact) mass is 307 g/mol. The van der Waals surface area contributed by atoms with Crippen LogP contribution in [0.15, 0.2) is 0 Å². The molecule has 2 nitrogen and oxygen atoms in total. The zero-order chi connectivity index (χ0) is 15.5. The zero-order valence-corrected chi connectivity index (χ0v) is 13.1. The fourth-order valence-electron chi connectivity index (χ4n) is 3.81. The number of nitrogens with one attached hydrogen (secondary N) is 1. The molecule has 0 amide bonds. The van der Waals surface area contributed by atoms with Crippen molar-refractivity contribution in [2.45, 2.75) is 52.1 Å². The van der Waals surface area contributed by atoms with Crippen molar-refractivity contribution in [2.75, 3.05) is 26.3 Å². The lowest BCUT2D eigenvalue weighted by Gasteiger charge is -2.32. The Bertz CT molecular complexity index is 320. The molecule has 1 N–H and O–H groups in total. The molecule has 2 fully saturated rings. The van der Waals surface area contributed by atoms with Crippen LogP contribution in [0.5, 0.6) is 0 Å². The maximum Gasteiger partial charge on any atom is 0.411 e. The van der Waals surface area contributed by atoms with Crippen LogP contribution in [-0.2, 0) is 4.74 Å². The molecule has 2 atom stereocenters. The predicted octanol–water partition coefficient (Wildman–Crippen LogP) is 4.01. The minimum absolute atomic E-state index is 0.223. The molecule has 2 aliphatic carbocycles. The average Bonchev–Trinajstić information content (AvgIpc) is 2.95. The highest BCUT2D eigenvalue weighted by Gasteiger charge is 2.52. The van der Waals surface area contributed by atoms with Crippen molar-refractivity contribution in [2.24, 2.45) is 23.2 Å². The molecule has 0 heterocycles. The van der Waals surface area contributed by atoms with Crippen LogP contribution in [0.25, 0.3) is 0 Å². The molecule has 0 aromatic rings. The zero-order valence-electron chi connectivity index (χ0n) is 13.1. The van der Waals surface area contributed by atoms with Crippen molar-refractivity contribution >= 4 is 0 Å². The number of ether oxygens (including phenoxy) is 1. The molecule has 0 aliphatic heterocycles. The smallest absolute Gasteiger partial charge is 0.372 e. The van der Waals surface area contributed by atoms with Crippen LogP contribution >= 0.6 is 0 Å². The predicted molar refractivity (Wildman–Crippen MR) is 77.1 cm³/mol. The Hall–Kier alpha value is -0.290. The summed E-state index contributed by atoms with van der Waals surface area (Å²) in [6.45, 7) is 5.52. The van der Waals surface area contributed by atoms with Crippen LogP contribution in [0.1, 0.15) is 46.0 Å². The molecule has 0 aromatic heterocycles. The summed E-state index contributed by atoms with van der Waals surface area (Å²) in [6.07, 6.45) is 1.40. The Morgan fingerprint density at radius 1 is 1.24 bits per heavy atom. The maximum absolute atomic E-state index is 12.0. The van der Waals surface area contributed by atoms with E-state index in [4.69, 9.17) is 4.74 Å². The molecule has 0 aromatic carbocycles. The molecule has 2 unspecified atom stereocenters. The molecule has 21 heavy (non-hydrogen) atoms. The molecular formula is C16H28F3NO. The van der Waals surface area contributed by atoms with E-state index in [2.05, 4.69) is 19.2 Å². The Morgan fingerprint density at radius 2 is 1.90 bits per heavy atom. The number of fused-ring (bicyclic) bond motifs is 1. The van der Waals surface area contributed by atoms with Crippen molar-refractivity contribution in [1.29, 1.82) is 0 Å². The highest BCUT2D eigenvalue weighted by molar-refractivity contribution is 5.04. The molecule has 2 aliphatic rings. The number of rotatable bonds is 9. The highest BCUT2D eigenvalue weighted by Crippen LogP contribution is 2.61. The van der Waals surface area contributed by atoms with E-state index in [-0.39, 0.29) is 6.61 Å². The van der Waals surface area contributed by atoms with Gasteiger partial charge in [0.2, 0.25) is 0 Å². The Balaban J connectivity index is 1.68. The Morgan fingerprint density at radius 3 is 2.48 bits per heavy atom. The molecule has 0 spiro atoms. The first-order valence-corrected chi connectivity index (χ1v) is 8.15. The van der Waals surface area contributed by atoms with E-state index in [1.807, 2.05) is 0 Å². The van der Waals surface area contributed by atoms with Crippen molar-refractivity contribution < 1.29 is 17.9 Å². The minimum Gasteiger partial charge on any atom is -0.372 e. The molecule has 124 valence electrons. The summed E-state index contributed by atoms with van der Waals surface area (Å²) in [5.41, 5.74) is 0.310. The van der Waals surface area contributed by atoms with Gasteiger partial charge in [0.25, 0.3) is 0 Å².